The van der Waals surface area contributed by atoms with Crippen LogP contribution >= 0.6 is 11.6 Å². The average Bonchev–Trinajstić information content (AvgIpc) is 2.73. The number of piperazine rings is 1. The highest BCUT2D eigenvalue weighted by molar-refractivity contribution is 6.30. The minimum absolute atomic E-state index is 0.0345. The van der Waals surface area contributed by atoms with E-state index in [0.717, 1.165) is 5.56 Å². The molecule has 28 heavy (non-hydrogen) atoms. The number of hydrogen-bond donors (Lipinski definition) is 1. The van der Waals surface area contributed by atoms with Crippen molar-refractivity contribution >= 4 is 23.4 Å². The summed E-state index contributed by atoms with van der Waals surface area (Å²) in [6.07, 6.45) is 0.245. The molecule has 0 aliphatic carbocycles. The smallest absolute Gasteiger partial charge is 0.259 e. The molecular formula is C22H25ClN2O3. The first-order valence-electron chi connectivity index (χ1n) is 9.49. The highest BCUT2D eigenvalue weighted by Gasteiger charge is 2.40. The second-order valence-corrected chi connectivity index (χ2v) is 7.61. The maximum Gasteiger partial charge on any atom is 0.259 e. The molecule has 1 aliphatic rings. The van der Waals surface area contributed by atoms with Gasteiger partial charge in [0.05, 0.1) is 0 Å². The molecule has 1 saturated heterocycles. The van der Waals surface area contributed by atoms with E-state index in [1.807, 2.05) is 31.2 Å². The van der Waals surface area contributed by atoms with E-state index in [0.29, 0.717) is 42.3 Å². The highest BCUT2D eigenvalue weighted by atomic mass is 35.5. The number of amides is 2. The molecule has 0 spiro atoms. The summed E-state index contributed by atoms with van der Waals surface area (Å²) in [5.74, 6) is -0.382. The number of aliphatic hydroxyl groups is 1. The highest BCUT2D eigenvalue weighted by Crippen LogP contribution is 2.30. The number of halogens is 1. The monoisotopic (exact) mass is 400 g/mol. The molecule has 1 fully saturated rings. The number of hydrogen-bond acceptors (Lipinski definition) is 3. The van der Waals surface area contributed by atoms with Crippen LogP contribution in [0.3, 0.4) is 0 Å². The molecule has 148 valence electrons. The summed E-state index contributed by atoms with van der Waals surface area (Å²) < 4.78 is 0. The Morgan fingerprint density at radius 1 is 1.04 bits per heavy atom. The molecular weight excluding hydrogens is 376 g/mol. The molecule has 1 unspecified atom stereocenters. The largest absolute Gasteiger partial charge is 0.375 e. The Labute approximate surface area is 170 Å². The van der Waals surface area contributed by atoms with Gasteiger partial charge in [0.2, 0.25) is 0 Å². The van der Waals surface area contributed by atoms with Crippen molar-refractivity contribution < 1.29 is 14.7 Å². The Morgan fingerprint density at radius 3 is 2.21 bits per heavy atom. The maximum atomic E-state index is 13.1. The minimum Gasteiger partial charge on any atom is -0.375 e. The van der Waals surface area contributed by atoms with Crippen molar-refractivity contribution in [3.05, 3.63) is 70.2 Å². The molecule has 0 radical (unpaired) electrons. The van der Waals surface area contributed by atoms with Gasteiger partial charge in [-0.2, -0.15) is 0 Å². The first-order valence-corrected chi connectivity index (χ1v) is 9.86. The van der Waals surface area contributed by atoms with Crippen LogP contribution in [0.2, 0.25) is 5.02 Å². The van der Waals surface area contributed by atoms with Crippen LogP contribution in [0.4, 0.5) is 0 Å². The molecule has 1 N–H and O–H groups in total. The second-order valence-electron chi connectivity index (χ2n) is 7.17. The van der Waals surface area contributed by atoms with Crippen molar-refractivity contribution in [2.75, 3.05) is 26.2 Å². The van der Waals surface area contributed by atoms with E-state index in [1.54, 1.807) is 41.0 Å². The van der Waals surface area contributed by atoms with Gasteiger partial charge in [0.1, 0.15) is 0 Å². The Balaban J connectivity index is 1.69. The molecule has 2 amide bonds. The van der Waals surface area contributed by atoms with E-state index in [9.17, 15) is 14.7 Å². The van der Waals surface area contributed by atoms with Gasteiger partial charge in [-0.3, -0.25) is 9.59 Å². The lowest BCUT2D eigenvalue weighted by Crippen LogP contribution is -2.55. The van der Waals surface area contributed by atoms with Gasteiger partial charge in [0.25, 0.3) is 11.8 Å². The normalized spacial score (nSPS) is 16.6. The van der Waals surface area contributed by atoms with Crippen molar-refractivity contribution in [1.29, 1.82) is 0 Å². The molecule has 0 saturated carbocycles. The quantitative estimate of drug-likeness (QED) is 0.857. The SMILES string of the molecule is CCC(O)(C(=O)N1CCN(C(=O)c2ccc(C)cc2)CC1)c1cccc(Cl)c1. The van der Waals surface area contributed by atoms with Crippen LogP contribution in [-0.4, -0.2) is 52.9 Å². The molecule has 1 heterocycles. The lowest BCUT2D eigenvalue weighted by molar-refractivity contribution is -0.154. The van der Waals surface area contributed by atoms with Crippen LogP contribution in [0, 0.1) is 6.92 Å². The summed E-state index contributed by atoms with van der Waals surface area (Å²) >= 11 is 6.04. The van der Waals surface area contributed by atoms with Gasteiger partial charge in [-0.25, -0.2) is 0 Å². The lowest BCUT2D eigenvalue weighted by atomic mass is 9.89. The molecule has 0 aromatic heterocycles. The van der Waals surface area contributed by atoms with Gasteiger partial charge < -0.3 is 14.9 Å². The van der Waals surface area contributed by atoms with Crippen LogP contribution in [-0.2, 0) is 10.4 Å². The average molecular weight is 401 g/mol. The van der Waals surface area contributed by atoms with E-state index in [-0.39, 0.29) is 18.2 Å². The lowest BCUT2D eigenvalue weighted by Gasteiger charge is -2.39. The molecule has 0 bridgehead atoms. The topological polar surface area (TPSA) is 60.9 Å². The van der Waals surface area contributed by atoms with Gasteiger partial charge in [-0.15, -0.1) is 0 Å². The van der Waals surface area contributed by atoms with Crippen LogP contribution in [0.1, 0.15) is 34.8 Å². The maximum absolute atomic E-state index is 13.1. The molecule has 2 aromatic carbocycles. The third-order valence-electron chi connectivity index (χ3n) is 5.32. The Bertz CT molecular complexity index is 860. The molecule has 1 aliphatic heterocycles. The summed E-state index contributed by atoms with van der Waals surface area (Å²) in [4.78, 5) is 29.1. The van der Waals surface area contributed by atoms with Gasteiger partial charge in [-0.05, 0) is 43.2 Å². The van der Waals surface area contributed by atoms with E-state index in [2.05, 4.69) is 0 Å². The molecule has 3 rings (SSSR count). The zero-order valence-corrected chi connectivity index (χ0v) is 16.9. The predicted octanol–water partition coefficient (Wildman–Crippen LogP) is 3.23. The Hall–Kier alpha value is -2.37. The van der Waals surface area contributed by atoms with E-state index >= 15 is 0 Å². The van der Waals surface area contributed by atoms with Crippen LogP contribution < -0.4 is 0 Å². The fourth-order valence-electron chi connectivity index (χ4n) is 3.48. The number of carbonyl (C=O) groups is 2. The van der Waals surface area contributed by atoms with Gasteiger partial charge in [0.15, 0.2) is 5.60 Å². The Morgan fingerprint density at radius 2 is 1.64 bits per heavy atom. The molecule has 6 heteroatoms. The summed E-state index contributed by atoms with van der Waals surface area (Å²) in [7, 11) is 0. The second kappa shape index (κ2) is 8.33. The number of carbonyl (C=O) groups excluding carboxylic acids is 2. The summed E-state index contributed by atoms with van der Waals surface area (Å²) in [6.45, 7) is 5.41. The standard InChI is InChI=1S/C22H25ClN2O3/c1-3-22(28,18-5-4-6-19(23)15-18)21(27)25-13-11-24(12-14-25)20(26)17-9-7-16(2)8-10-17/h4-10,15,28H,3,11-14H2,1-2H3. The van der Waals surface area contributed by atoms with Gasteiger partial charge in [0, 0.05) is 36.8 Å². The fraction of sp³-hybridized carbons (Fsp3) is 0.364. The number of nitrogens with zero attached hydrogens (tertiary/aromatic N) is 2. The van der Waals surface area contributed by atoms with Crippen molar-refractivity contribution in [1.82, 2.24) is 9.80 Å². The number of rotatable bonds is 4. The summed E-state index contributed by atoms with van der Waals surface area (Å²) in [6, 6.07) is 14.3. The van der Waals surface area contributed by atoms with Gasteiger partial charge >= 0.3 is 0 Å². The van der Waals surface area contributed by atoms with E-state index < -0.39 is 5.60 Å². The van der Waals surface area contributed by atoms with Crippen LogP contribution in [0.5, 0.6) is 0 Å². The van der Waals surface area contributed by atoms with E-state index in [4.69, 9.17) is 11.6 Å². The zero-order chi connectivity index (χ0) is 20.3. The number of aryl methyl sites for hydroxylation is 1. The van der Waals surface area contributed by atoms with Crippen molar-refractivity contribution in [2.45, 2.75) is 25.9 Å². The Kier molecular flexibility index (Phi) is 6.06. The zero-order valence-electron chi connectivity index (χ0n) is 16.2. The third-order valence-corrected chi connectivity index (χ3v) is 5.56. The van der Waals surface area contributed by atoms with Gasteiger partial charge in [-0.1, -0.05) is 48.4 Å². The fourth-order valence-corrected chi connectivity index (χ4v) is 3.67. The third kappa shape index (κ3) is 4.05. The van der Waals surface area contributed by atoms with E-state index in [1.165, 1.54) is 0 Å². The van der Waals surface area contributed by atoms with Crippen LogP contribution in [0.25, 0.3) is 0 Å². The summed E-state index contributed by atoms with van der Waals surface area (Å²) in [5.41, 5.74) is 0.625. The van der Waals surface area contributed by atoms with Crippen LogP contribution in [0.15, 0.2) is 48.5 Å². The molecule has 2 aromatic rings. The first-order chi connectivity index (χ1) is 13.3. The number of benzene rings is 2. The van der Waals surface area contributed by atoms with Crippen molar-refractivity contribution in [3.63, 3.8) is 0 Å². The van der Waals surface area contributed by atoms with Crippen molar-refractivity contribution in [2.24, 2.45) is 0 Å². The van der Waals surface area contributed by atoms with Crippen molar-refractivity contribution in [3.8, 4) is 0 Å². The summed E-state index contributed by atoms with van der Waals surface area (Å²) in [5, 5.41) is 11.6. The minimum atomic E-state index is -1.62. The molecule has 1 atom stereocenters. The predicted molar refractivity (Wildman–Crippen MR) is 109 cm³/mol. The molecule has 5 nitrogen and oxygen atoms in total. The first kappa shape index (κ1) is 20.4.